The van der Waals surface area contributed by atoms with E-state index in [1.54, 1.807) is 0 Å². The molecule has 0 aliphatic heterocycles. The van der Waals surface area contributed by atoms with Gasteiger partial charge < -0.3 is 0 Å². The van der Waals surface area contributed by atoms with Gasteiger partial charge in [0.25, 0.3) is 0 Å². The number of hydrogen-bond acceptors (Lipinski definition) is 2. The molecule has 236 valence electrons. The fourth-order valence-electron chi connectivity index (χ4n) is 5.20. The summed E-state index contributed by atoms with van der Waals surface area (Å²) in [5.74, 6) is 0. The number of halogens is 2. The zero-order chi connectivity index (χ0) is 32.5. The second-order valence-electron chi connectivity index (χ2n) is 10.3. The van der Waals surface area contributed by atoms with Gasteiger partial charge in [-0.3, -0.25) is 9.98 Å². The fraction of sp³-hybridized carbons (Fsp3) is 0.0500. The molecule has 0 aliphatic carbocycles. The molecular weight excluding hydrogens is 742 g/mol. The van der Waals surface area contributed by atoms with Crippen LogP contribution in [-0.2, 0) is 15.1 Å². The van der Waals surface area contributed by atoms with Gasteiger partial charge in [0.2, 0.25) is 0 Å². The summed E-state index contributed by atoms with van der Waals surface area (Å²) in [5, 5.41) is 7.98. The maximum absolute atomic E-state index is 4.85. The average Bonchev–Trinajstić information content (AvgIpc) is 3.13. The topological polar surface area (TPSA) is 24.7 Å². The Labute approximate surface area is 296 Å². The number of nitrogens with zero attached hydrogens (tertiary/aromatic N) is 2. The first-order chi connectivity index (χ1) is 23.3. The molecule has 47 heavy (non-hydrogen) atoms. The minimum absolute atomic E-state index is 0.346. The zero-order valence-corrected chi connectivity index (χ0v) is 30.7. The molecule has 0 radical (unpaired) electrons. The Hall–Kier alpha value is -3.28. The van der Waals surface area contributed by atoms with Crippen molar-refractivity contribution in [3.63, 3.8) is 0 Å². The van der Waals surface area contributed by atoms with Crippen LogP contribution in [0.15, 0.2) is 180 Å². The molecule has 2 nitrogen and oxygen atoms in total. The van der Waals surface area contributed by atoms with Gasteiger partial charge in [-0.1, -0.05) is 170 Å². The molecular formula is C40H34Cl2N2P2Ru. The van der Waals surface area contributed by atoms with E-state index >= 15 is 0 Å². The molecule has 6 aromatic rings. The predicted molar refractivity (Wildman–Crippen MR) is 207 cm³/mol. The quantitative estimate of drug-likeness (QED) is 0.0550. The Kier molecular flexibility index (Phi) is 14.6. The standard InChI is InChI=1S/C40H34N2P2.2ClH.Ru/c1-5-19-35(20-6-1)43(36-21-7-2-8-22-36)39-27-15-13-17-33(39)31-41-29-30-42-32-34-18-14-16-28-40(34)44(37-23-9-3-10-24-37)38-25-11-4-12-26-38;;;/h1-28,31-32H,29-30H2;2*1H;/q;;;+2/p-2. The maximum atomic E-state index is 4.85. The Morgan fingerprint density at radius 1 is 0.404 bits per heavy atom. The van der Waals surface area contributed by atoms with Gasteiger partial charge in [0, 0.05) is 23.6 Å². The molecule has 0 aliphatic rings. The Morgan fingerprint density at radius 3 is 0.957 bits per heavy atom. The summed E-state index contributed by atoms with van der Waals surface area (Å²) in [7, 11) is 8.32. The van der Waals surface area contributed by atoms with Crippen molar-refractivity contribution in [1.29, 1.82) is 0 Å². The Morgan fingerprint density at radius 2 is 0.660 bits per heavy atom. The van der Waals surface area contributed by atoms with E-state index in [4.69, 9.17) is 29.4 Å². The first-order valence-electron chi connectivity index (χ1n) is 15.1. The van der Waals surface area contributed by atoms with Crippen LogP contribution in [0.25, 0.3) is 0 Å². The van der Waals surface area contributed by atoms with Gasteiger partial charge in [0.15, 0.2) is 0 Å². The van der Waals surface area contributed by atoms with E-state index in [0.717, 1.165) is 11.1 Å². The van der Waals surface area contributed by atoms with E-state index < -0.39 is 15.8 Å². The molecule has 0 unspecified atom stereocenters. The van der Waals surface area contributed by atoms with Crippen molar-refractivity contribution in [1.82, 2.24) is 0 Å². The van der Waals surface area contributed by atoms with Crippen LogP contribution >= 0.6 is 35.2 Å². The molecule has 0 atom stereocenters. The minimum atomic E-state index is -0.692. The molecule has 0 amide bonds. The van der Waals surface area contributed by atoms with Crippen molar-refractivity contribution in [2.45, 2.75) is 0 Å². The van der Waals surface area contributed by atoms with E-state index in [9.17, 15) is 0 Å². The predicted octanol–water partition coefficient (Wildman–Crippen LogP) is 8.12. The number of rotatable bonds is 11. The molecule has 0 heterocycles. The van der Waals surface area contributed by atoms with E-state index in [2.05, 4.69) is 170 Å². The molecule has 0 spiro atoms. The van der Waals surface area contributed by atoms with Crippen LogP contribution in [0.3, 0.4) is 0 Å². The summed E-state index contributed by atoms with van der Waals surface area (Å²) in [6.07, 6.45) is 4.06. The van der Waals surface area contributed by atoms with Crippen molar-refractivity contribution >= 4 is 79.5 Å². The molecule has 6 aromatic carbocycles. The second kappa shape index (κ2) is 19.5. The van der Waals surface area contributed by atoms with Crippen molar-refractivity contribution in [2.75, 3.05) is 13.1 Å². The van der Waals surface area contributed by atoms with Crippen molar-refractivity contribution in [3.8, 4) is 0 Å². The monoisotopic (exact) mass is 776 g/mol. The van der Waals surface area contributed by atoms with Crippen molar-refractivity contribution < 1.29 is 15.1 Å². The number of aliphatic imine (C=N–C) groups is 2. The SMILES string of the molecule is C(=NCCN=Cc1ccccc1P(c1ccccc1)c1ccccc1)c1ccccc1P(c1ccccc1)c1ccccc1.[Cl][Ru][Cl]. The molecule has 0 saturated heterocycles. The van der Waals surface area contributed by atoms with E-state index in [0.29, 0.717) is 13.1 Å². The van der Waals surface area contributed by atoms with Gasteiger partial charge in [0.05, 0.1) is 13.1 Å². The van der Waals surface area contributed by atoms with Gasteiger partial charge >= 0.3 is 34.5 Å². The van der Waals surface area contributed by atoms with Gasteiger partial charge in [-0.25, -0.2) is 0 Å². The summed E-state index contributed by atoms with van der Waals surface area (Å²) >= 11 is -0.346. The first kappa shape index (κ1) is 35.0. The van der Waals surface area contributed by atoms with Crippen LogP contribution in [0.2, 0.25) is 0 Å². The van der Waals surface area contributed by atoms with Gasteiger partial charge in [0.1, 0.15) is 0 Å². The Bertz CT molecular complexity index is 1630. The van der Waals surface area contributed by atoms with Crippen LogP contribution in [0.5, 0.6) is 0 Å². The summed E-state index contributed by atoms with van der Waals surface area (Å²) in [6, 6.07) is 60.6. The summed E-state index contributed by atoms with van der Waals surface area (Å²) in [4.78, 5) is 9.66. The molecule has 0 saturated carbocycles. The molecule has 0 aromatic heterocycles. The van der Waals surface area contributed by atoms with Crippen LogP contribution < -0.4 is 31.8 Å². The summed E-state index contributed by atoms with van der Waals surface area (Å²) < 4.78 is 0. The van der Waals surface area contributed by atoms with E-state index in [-0.39, 0.29) is 15.1 Å². The number of benzene rings is 6. The molecule has 6 rings (SSSR count). The van der Waals surface area contributed by atoms with E-state index in [1.807, 2.05) is 12.4 Å². The summed E-state index contributed by atoms with van der Waals surface area (Å²) in [5.41, 5.74) is 2.33. The first-order valence-corrected chi connectivity index (χ1v) is 22.3. The third kappa shape index (κ3) is 10.1. The number of hydrogen-bond donors (Lipinski definition) is 0. The van der Waals surface area contributed by atoms with Crippen molar-refractivity contribution in [3.05, 3.63) is 181 Å². The van der Waals surface area contributed by atoms with Crippen LogP contribution in [-0.4, -0.2) is 25.5 Å². The van der Waals surface area contributed by atoms with Crippen LogP contribution in [0.1, 0.15) is 11.1 Å². The van der Waals surface area contributed by atoms with Gasteiger partial charge in [-0.05, 0) is 47.7 Å². The molecule has 7 heteroatoms. The van der Waals surface area contributed by atoms with Gasteiger partial charge in [-0.2, -0.15) is 0 Å². The van der Waals surface area contributed by atoms with Crippen LogP contribution in [0.4, 0.5) is 0 Å². The van der Waals surface area contributed by atoms with Crippen molar-refractivity contribution in [2.24, 2.45) is 9.98 Å². The van der Waals surface area contributed by atoms with Gasteiger partial charge in [-0.15, -0.1) is 0 Å². The fourth-order valence-corrected chi connectivity index (χ4v) is 10.0. The second-order valence-corrected chi connectivity index (χ2v) is 17.3. The van der Waals surface area contributed by atoms with E-state index in [1.165, 1.54) is 31.8 Å². The average molecular weight is 777 g/mol. The third-order valence-corrected chi connectivity index (χ3v) is 12.3. The molecule has 0 N–H and O–H groups in total. The molecule has 0 fully saturated rings. The third-order valence-electron chi connectivity index (χ3n) is 7.23. The zero-order valence-electron chi connectivity index (χ0n) is 25.6. The van der Waals surface area contributed by atoms with Crippen LogP contribution in [0, 0.1) is 0 Å². The summed E-state index contributed by atoms with van der Waals surface area (Å²) in [6.45, 7) is 1.27. The molecule has 0 bridgehead atoms. The Balaban J connectivity index is 0.00000139. The normalized spacial score (nSPS) is 11.3.